The van der Waals surface area contributed by atoms with E-state index in [0.717, 1.165) is 25.7 Å². The number of allylic oxidation sites excluding steroid dienone is 2. The lowest BCUT2D eigenvalue weighted by Crippen LogP contribution is -2.30. The Balaban J connectivity index is 2.10. The fourth-order valence-corrected chi connectivity index (χ4v) is 3.77. The minimum atomic E-state index is -3.15. The van der Waals surface area contributed by atoms with Gasteiger partial charge in [0.25, 0.3) is 5.70 Å². The van der Waals surface area contributed by atoms with Gasteiger partial charge in [-0.15, -0.1) is 0 Å². The highest BCUT2D eigenvalue weighted by Crippen LogP contribution is 2.42. The SMILES string of the molecule is CCCCCCCOCCOC(=O)OC1=C(C)NC(C)=C([N+](=O)[O-])C1c1ccccc1OC(F)F. The zero-order valence-corrected chi connectivity index (χ0v) is 20.2. The molecule has 1 aromatic rings. The molecule has 1 atom stereocenters. The Kier molecular flexibility index (Phi) is 11.4. The zero-order valence-electron chi connectivity index (χ0n) is 20.2. The molecule has 0 saturated carbocycles. The van der Waals surface area contributed by atoms with Crippen molar-refractivity contribution >= 4 is 6.16 Å². The second-order valence-corrected chi connectivity index (χ2v) is 7.96. The lowest BCUT2D eigenvalue weighted by atomic mass is 9.89. The van der Waals surface area contributed by atoms with Crippen LogP contribution in [-0.4, -0.2) is 37.5 Å². The first-order chi connectivity index (χ1) is 16.8. The summed E-state index contributed by atoms with van der Waals surface area (Å²) in [6.07, 6.45) is 4.39. The molecule has 1 aliphatic heterocycles. The zero-order chi connectivity index (χ0) is 25.8. The van der Waals surface area contributed by atoms with Gasteiger partial charge in [0, 0.05) is 12.2 Å². The Labute approximate surface area is 203 Å². The third kappa shape index (κ3) is 8.50. The summed E-state index contributed by atoms with van der Waals surface area (Å²) in [5, 5.41) is 14.7. The molecule has 35 heavy (non-hydrogen) atoms. The molecule has 9 nitrogen and oxygen atoms in total. The van der Waals surface area contributed by atoms with Gasteiger partial charge >= 0.3 is 12.8 Å². The van der Waals surface area contributed by atoms with Crippen LogP contribution in [0.5, 0.6) is 5.75 Å². The van der Waals surface area contributed by atoms with Gasteiger partial charge in [-0.25, -0.2) is 4.79 Å². The fourth-order valence-electron chi connectivity index (χ4n) is 3.77. The standard InChI is InChI=1S/C24H32F2N2O7/c1-4-5-6-7-10-13-32-14-15-33-24(29)35-22-17(3)27-16(2)21(28(30)31)20(22)18-11-8-9-12-19(18)34-23(25)26/h8-9,11-12,20,23,27H,4-7,10,13-15H2,1-3H3. The molecule has 0 amide bonds. The number of para-hydroxylation sites is 1. The smallest absolute Gasteiger partial charge is 0.435 e. The number of nitro groups is 1. The summed E-state index contributed by atoms with van der Waals surface area (Å²) in [5.41, 5.74) is 0.159. The minimum absolute atomic E-state index is 0.0499. The first kappa shape index (κ1) is 28.0. The highest BCUT2D eigenvalue weighted by molar-refractivity contribution is 5.63. The van der Waals surface area contributed by atoms with Gasteiger partial charge in [-0.1, -0.05) is 50.8 Å². The van der Waals surface area contributed by atoms with Gasteiger partial charge in [0.05, 0.1) is 22.9 Å². The molecule has 0 spiro atoms. The predicted molar refractivity (Wildman–Crippen MR) is 123 cm³/mol. The molecule has 0 saturated heterocycles. The van der Waals surface area contributed by atoms with Crippen LogP contribution < -0.4 is 10.1 Å². The molecule has 0 aliphatic carbocycles. The molecular weight excluding hydrogens is 466 g/mol. The Morgan fingerprint density at radius 2 is 1.80 bits per heavy atom. The van der Waals surface area contributed by atoms with Gasteiger partial charge < -0.3 is 24.3 Å². The molecule has 2 rings (SSSR count). The Morgan fingerprint density at radius 3 is 2.49 bits per heavy atom. The normalized spacial score (nSPS) is 15.8. The first-order valence-corrected chi connectivity index (χ1v) is 11.5. The van der Waals surface area contributed by atoms with Crippen molar-refractivity contribution in [2.45, 2.75) is 65.4 Å². The monoisotopic (exact) mass is 498 g/mol. The van der Waals surface area contributed by atoms with Gasteiger partial charge in [0.1, 0.15) is 24.0 Å². The van der Waals surface area contributed by atoms with E-state index in [9.17, 15) is 23.7 Å². The van der Waals surface area contributed by atoms with Crippen molar-refractivity contribution in [2.75, 3.05) is 19.8 Å². The number of carbonyl (C=O) groups is 1. The topological polar surface area (TPSA) is 109 Å². The molecule has 1 N–H and O–H groups in total. The van der Waals surface area contributed by atoms with Crippen molar-refractivity contribution in [1.82, 2.24) is 5.32 Å². The van der Waals surface area contributed by atoms with Gasteiger partial charge in [-0.2, -0.15) is 8.78 Å². The number of dihydropyridines is 1. The highest BCUT2D eigenvalue weighted by atomic mass is 19.3. The molecule has 1 unspecified atom stereocenters. The van der Waals surface area contributed by atoms with E-state index >= 15 is 0 Å². The second-order valence-electron chi connectivity index (χ2n) is 7.96. The average molecular weight is 499 g/mol. The number of alkyl halides is 2. The van der Waals surface area contributed by atoms with Crippen LogP contribution in [-0.2, 0) is 14.2 Å². The molecular formula is C24H32F2N2O7. The molecule has 194 valence electrons. The summed E-state index contributed by atoms with van der Waals surface area (Å²) >= 11 is 0. The molecule has 1 aliphatic rings. The van der Waals surface area contributed by atoms with E-state index in [1.807, 2.05) is 0 Å². The van der Waals surface area contributed by atoms with E-state index in [1.54, 1.807) is 6.92 Å². The quantitative estimate of drug-likeness (QED) is 0.147. The lowest BCUT2D eigenvalue weighted by molar-refractivity contribution is -0.431. The Hall–Kier alpha value is -3.21. The summed E-state index contributed by atoms with van der Waals surface area (Å²) in [6, 6.07) is 5.65. The van der Waals surface area contributed by atoms with Crippen LogP contribution in [0.15, 0.2) is 47.1 Å². The molecule has 0 aromatic heterocycles. The summed E-state index contributed by atoms with van der Waals surface area (Å²) < 4.78 is 46.4. The van der Waals surface area contributed by atoms with E-state index in [4.69, 9.17) is 14.2 Å². The summed E-state index contributed by atoms with van der Waals surface area (Å²) in [7, 11) is 0. The van der Waals surface area contributed by atoms with E-state index < -0.39 is 23.6 Å². The third-order valence-corrected chi connectivity index (χ3v) is 5.34. The molecule has 1 heterocycles. The van der Waals surface area contributed by atoms with Crippen molar-refractivity contribution in [1.29, 1.82) is 0 Å². The lowest BCUT2D eigenvalue weighted by Gasteiger charge is -2.27. The van der Waals surface area contributed by atoms with Crippen LogP contribution in [0.4, 0.5) is 13.6 Å². The number of ether oxygens (including phenoxy) is 4. The molecule has 0 bridgehead atoms. The van der Waals surface area contributed by atoms with E-state index in [2.05, 4.69) is 17.0 Å². The van der Waals surface area contributed by atoms with E-state index in [1.165, 1.54) is 37.6 Å². The minimum Gasteiger partial charge on any atom is -0.435 e. The van der Waals surface area contributed by atoms with Gasteiger partial charge in [0.2, 0.25) is 0 Å². The summed E-state index contributed by atoms with van der Waals surface area (Å²) in [5.74, 6) is -1.70. The maximum absolute atomic E-state index is 13.0. The molecule has 11 heteroatoms. The average Bonchev–Trinajstić information content (AvgIpc) is 2.79. The number of carbonyl (C=O) groups excluding carboxylic acids is 1. The van der Waals surface area contributed by atoms with Crippen LogP contribution in [0.1, 0.15) is 64.4 Å². The van der Waals surface area contributed by atoms with Crippen LogP contribution >= 0.6 is 0 Å². The van der Waals surface area contributed by atoms with Gasteiger partial charge in [-0.05, 0) is 26.3 Å². The van der Waals surface area contributed by atoms with Crippen molar-refractivity contribution in [3.8, 4) is 5.75 Å². The van der Waals surface area contributed by atoms with E-state index in [0.29, 0.717) is 12.3 Å². The van der Waals surface area contributed by atoms with Gasteiger partial charge in [-0.3, -0.25) is 10.1 Å². The number of nitrogens with one attached hydrogen (secondary N) is 1. The molecule has 1 aromatic carbocycles. The van der Waals surface area contributed by atoms with Crippen molar-refractivity contribution in [2.24, 2.45) is 0 Å². The van der Waals surface area contributed by atoms with Gasteiger partial charge in [0.15, 0.2) is 0 Å². The molecule has 0 radical (unpaired) electrons. The summed E-state index contributed by atoms with van der Waals surface area (Å²) in [6.45, 7) is 2.67. The highest BCUT2D eigenvalue weighted by Gasteiger charge is 2.41. The number of halogens is 2. The second kappa shape index (κ2) is 14.2. The number of rotatable bonds is 14. The number of nitrogens with zero attached hydrogens (tertiary/aromatic N) is 1. The Morgan fingerprint density at radius 1 is 1.09 bits per heavy atom. The number of hydrogen-bond acceptors (Lipinski definition) is 8. The third-order valence-electron chi connectivity index (χ3n) is 5.34. The van der Waals surface area contributed by atoms with Crippen LogP contribution in [0.3, 0.4) is 0 Å². The van der Waals surface area contributed by atoms with Crippen molar-refractivity contribution < 1.29 is 37.4 Å². The first-order valence-electron chi connectivity index (χ1n) is 11.5. The van der Waals surface area contributed by atoms with E-state index in [-0.39, 0.29) is 41.7 Å². The van der Waals surface area contributed by atoms with Crippen LogP contribution in [0.25, 0.3) is 0 Å². The van der Waals surface area contributed by atoms with Crippen LogP contribution in [0, 0.1) is 10.1 Å². The number of unbranched alkanes of at least 4 members (excludes halogenated alkanes) is 4. The largest absolute Gasteiger partial charge is 0.513 e. The Bertz CT molecular complexity index is 934. The maximum atomic E-state index is 13.0. The molecule has 0 fully saturated rings. The number of benzene rings is 1. The maximum Gasteiger partial charge on any atom is 0.513 e. The van der Waals surface area contributed by atoms with Crippen molar-refractivity contribution in [3.05, 3.63) is 62.8 Å². The van der Waals surface area contributed by atoms with Crippen molar-refractivity contribution in [3.63, 3.8) is 0 Å². The summed E-state index contributed by atoms with van der Waals surface area (Å²) in [4.78, 5) is 23.6. The van der Waals surface area contributed by atoms with Crippen LogP contribution in [0.2, 0.25) is 0 Å². The fraction of sp³-hybridized carbons (Fsp3) is 0.542. The predicted octanol–water partition coefficient (Wildman–Crippen LogP) is 5.85. The number of hydrogen-bond donors (Lipinski definition) is 1.